The molecule has 0 saturated heterocycles. The van der Waals surface area contributed by atoms with Crippen molar-refractivity contribution in [3.8, 4) is 0 Å². The summed E-state index contributed by atoms with van der Waals surface area (Å²) < 4.78 is 1.44. The van der Waals surface area contributed by atoms with Gasteiger partial charge in [-0.2, -0.15) is 0 Å². The van der Waals surface area contributed by atoms with Crippen LogP contribution in [0.4, 0.5) is 0 Å². The summed E-state index contributed by atoms with van der Waals surface area (Å²) in [6.07, 6.45) is 0. The normalized spacial score (nSPS) is 12.4. The van der Waals surface area contributed by atoms with Gasteiger partial charge in [0.15, 0.2) is 0 Å². The molecule has 0 amide bonds. The molecule has 17 heavy (non-hydrogen) atoms. The predicted octanol–water partition coefficient (Wildman–Crippen LogP) is 3.74. The Bertz CT molecular complexity index is 689. The molecule has 3 aromatic rings. The zero-order valence-corrected chi connectivity index (χ0v) is 12.0. The fourth-order valence-corrected chi connectivity index (χ4v) is 3.85. The van der Waals surface area contributed by atoms with Crippen LogP contribution in [0.3, 0.4) is 0 Å². The first kappa shape index (κ1) is 11.0. The molecule has 0 aliphatic rings. The molecule has 2 heteroatoms. The number of fused-ring (bicyclic) bond motifs is 3. The van der Waals surface area contributed by atoms with Gasteiger partial charge < -0.3 is 0 Å². The Kier molecular flexibility index (Phi) is 2.39. The summed E-state index contributed by atoms with van der Waals surface area (Å²) in [5, 5.41) is 4.80. The van der Waals surface area contributed by atoms with E-state index in [1.54, 1.807) is 0 Å². The van der Waals surface area contributed by atoms with E-state index < -0.39 is 0 Å². The molecule has 0 aliphatic carbocycles. The van der Waals surface area contributed by atoms with Crippen molar-refractivity contribution >= 4 is 35.1 Å². The Morgan fingerprint density at radius 1 is 1.06 bits per heavy atom. The van der Waals surface area contributed by atoms with Crippen molar-refractivity contribution in [3.63, 3.8) is 0 Å². The van der Waals surface area contributed by atoms with Crippen molar-refractivity contribution in [2.45, 2.75) is 26.2 Å². The molecule has 0 fully saturated rings. The van der Waals surface area contributed by atoms with Crippen LogP contribution in [0.1, 0.15) is 26.3 Å². The molecule has 0 bridgehead atoms. The average molecular weight is 288 g/mol. The second kappa shape index (κ2) is 3.69. The van der Waals surface area contributed by atoms with Crippen LogP contribution in [0, 0.1) is 0 Å². The SMILES string of the molecule is CC(C)(C)c1ccc2c(ccc3nc[se]c32)c1. The summed E-state index contributed by atoms with van der Waals surface area (Å²) >= 11 is 0.415. The minimum absolute atomic E-state index is 0.217. The zero-order valence-electron chi connectivity index (χ0n) is 10.3. The summed E-state index contributed by atoms with van der Waals surface area (Å²) in [4.78, 5) is 4.42. The van der Waals surface area contributed by atoms with E-state index in [9.17, 15) is 0 Å². The van der Waals surface area contributed by atoms with E-state index in [0.717, 1.165) is 0 Å². The third kappa shape index (κ3) is 1.82. The van der Waals surface area contributed by atoms with Crippen molar-refractivity contribution < 1.29 is 0 Å². The first-order chi connectivity index (χ1) is 8.05. The van der Waals surface area contributed by atoms with E-state index in [1.807, 2.05) is 0 Å². The van der Waals surface area contributed by atoms with Gasteiger partial charge in [0.25, 0.3) is 0 Å². The van der Waals surface area contributed by atoms with Crippen molar-refractivity contribution in [1.82, 2.24) is 4.98 Å². The van der Waals surface area contributed by atoms with Gasteiger partial charge in [-0.1, -0.05) is 0 Å². The fraction of sp³-hybridized carbons (Fsp3) is 0.267. The first-order valence-electron chi connectivity index (χ1n) is 5.82. The Balaban J connectivity index is 2.34. The average Bonchev–Trinajstić information content (AvgIpc) is 2.75. The molecule has 0 spiro atoms. The Labute approximate surface area is 107 Å². The molecule has 0 atom stereocenters. The number of nitrogens with zero attached hydrogens (tertiary/aromatic N) is 1. The fourth-order valence-electron chi connectivity index (χ4n) is 2.12. The standard InChI is InChI=1S/C15H15NSe/c1-15(2,3)11-5-6-12-10(8-11)4-7-13-14(12)17-9-16-13/h4-9H,1-3H3. The topological polar surface area (TPSA) is 12.9 Å². The summed E-state index contributed by atoms with van der Waals surface area (Å²) in [5.41, 5.74) is 2.78. The molecule has 1 aromatic heterocycles. The molecule has 0 saturated carbocycles. The number of benzene rings is 2. The van der Waals surface area contributed by atoms with E-state index in [0.29, 0.717) is 14.5 Å². The second-order valence-electron chi connectivity index (χ2n) is 5.45. The van der Waals surface area contributed by atoms with Gasteiger partial charge in [0.2, 0.25) is 0 Å². The van der Waals surface area contributed by atoms with Crippen LogP contribution in [0.15, 0.2) is 35.4 Å². The van der Waals surface area contributed by atoms with Gasteiger partial charge >= 0.3 is 107 Å². The van der Waals surface area contributed by atoms with E-state index in [4.69, 9.17) is 0 Å². The molecule has 0 N–H and O–H groups in total. The van der Waals surface area contributed by atoms with Crippen molar-refractivity contribution in [3.05, 3.63) is 41.0 Å². The predicted molar refractivity (Wildman–Crippen MR) is 74.9 cm³/mol. The molecule has 2 aromatic carbocycles. The Morgan fingerprint density at radius 3 is 2.65 bits per heavy atom. The van der Waals surface area contributed by atoms with Gasteiger partial charge in [0, 0.05) is 0 Å². The van der Waals surface area contributed by atoms with E-state index >= 15 is 0 Å². The van der Waals surface area contributed by atoms with Crippen LogP contribution in [0.5, 0.6) is 0 Å². The quantitative estimate of drug-likeness (QED) is 0.574. The van der Waals surface area contributed by atoms with E-state index in [1.165, 1.54) is 26.1 Å². The van der Waals surface area contributed by atoms with Gasteiger partial charge in [-0.15, -0.1) is 0 Å². The van der Waals surface area contributed by atoms with Gasteiger partial charge in [0.1, 0.15) is 0 Å². The van der Waals surface area contributed by atoms with E-state index in [-0.39, 0.29) is 5.41 Å². The number of hydrogen-bond donors (Lipinski definition) is 0. The second-order valence-corrected chi connectivity index (χ2v) is 7.25. The van der Waals surface area contributed by atoms with Crippen LogP contribution in [0.25, 0.3) is 20.5 Å². The summed E-state index contributed by atoms with van der Waals surface area (Å²) in [7, 11) is 0. The maximum atomic E-state index is 4.42. The molecule has 0 aliphatic heterocycles. The van der Waals surface area contributed by atoms with Crippen molar-refractivity contribution in [2.75, 3.05) is 0 Å². The van der Waals surface area contributed by atoms with Crippen LogP contribution in [-0.2, 0) is 5.41 Å². The minimum atomic E-state index is 0.217. The Hall–Kier alpha value is -1.11. The monoisotopic (exact) mass is 289 g/mol. The maximum absolute atomic E-state index is 4.42. The number of rotatable bonds is 0. The third-order valence-corrected chi connectivity index (χ3v) is 5.01. The molecule has 86 valence electrons. The summed E-state index contributed by atoms with van der Waals surface area (Å²) in [6, 6.07) is 11.2. The van der Waals surface area contributed by atoms with Gasteiger partial charge in [-0.25, -0.2) is 0 Å². The zero-order chi connectivity index (χ0) is 12.0. The van der Waals surface area contributed by atoms with Crippen molar-refractivity contribution in [1.29, 1.82) is 0 Å². The van der Waals surface area contributed by atoms with E-state index in [2.05, 4.69) is 61.2 Å². The molecule has 0 unspecified atom stereocenters. The summed E-state index contributed by atoms with van der Waals surface area (Å²) in [6.45, 7) is 6.78. The van der Waals surface area contributed by atoms with Gasteiger partial charge in [-0.3, -0.25) is 0 Å². The van der Waals surface area contributed by atoms with Gasteiger partial charge in [0.05, 0.1) is 0 Å². The molecular formula is C15H15NSe. The summed E-state index contributed by atoms with van der Waals surface area (Å²) in [5.74, 6) is 0. The Morgan fingerprint density at radius 2 is 1.88 bits per heavy atom. The van der Waals surface area contributed by atoms with Crippen molar-refractivity contribution in [2.24, 2.45) is 0 Å². The van der Waals surface area contributed by atoms with Crippen LogP contribution >= 0.6 is 0 Å². The first-order valence-corrected chi connectivity index (χ1v) is 7.67. The third-order valence-electron chi connectivity index (χ3n) is 3.18. The van der Waals surface area contributed by atoms with Crippen LogP contribution < -0.4 is 0 Å². The number of aromatic nitrogens is 1. The number of hydrogen-bond acceptors (Lipinski definition) is 1. The van der Waals surface area contributed by atoms with Gasteiger partial charge in [-0.05, 0) is 0 Å². The molecular weight excluding hydrogens is 273 g/mol. The molecule has 0 radical (unpaired) electrons. The molecule has 3 rings (SSSR count). The molecule has 1 nitrogen and oxygen atoms in total. The molecule has 1 heterocycles. The van der Waals surface area contributed by atoms with Crippen LogP contribution in [0.2, 0.25) is 0 Å². The van der Waals surface area contributed by atoms with Crippen LogP contribution in [-0.4, -0.2) is 19.5 Å².